The molecule has 2 aliphatic heterocycles. The van der Waals surface area contributed by atoms with Gasteiger partial charge in [0.25, 0.3) is 0 Å². The second-order valence-electron chi connectivity index (χ2n) is 5.28. The van der Waals surface area contributed by atoms with Crippen molar-refractivity contribution in [3.05, 3.63) is 33.0 Å². The molecule has 1 aromatic carbocycles. The molecular weight excluding hydrogens is 407 g/mol. The largest absolute Gasteiger partial charge is 0.465 e. The molecule has 0 aromatic heterocycles. The Balaban J connectivity index is 1.86. The van der Waals surface area contributed by atoms with Gasteiger partial charge in [0.05, 0.1) is 15.1 Å². The zero-order chi connectivity index (χ0) is 15.1. The van der Waals surface area contributed by atoms with Crippen LogP contribution in [0.1, 0.15) is 12.0 Å². The maximum absolute atomic E-state index is 14.1. The molecule has 1 N–H and O–H groups in total. The van der Waals surface area contributed by atoms with E-state index in [1.807, 2.05) is 11.0 Å². The quantitative estimate of drug-likeness (QED) is 0.791. The third-order valence-corrected chi connectivity index (χ3v) is 4.50. The fraction of sp³-hybridized carbons (Fsp3) is 0.357. The van der Waals surface area contributed by atoms with E-state index >= 15 is 0 Å². The first-order chi connectivity index (χ1) is 9.95. The number of rotatable bonds is 2. The topological polar surface area (TPSA) is 43.8 Å². The lowest BCUT2D eigenvalue weighted by atomic mass is 10.1. The molecule has 1 aromatic rings. The highest BCUT2D eigenvalue weighted by Gasteiger charge is 2.46. The summed E-state index contributed by atoms with van der Waals surface area (Å²) in [6, 6.07) is 4.98. The predicted octanol–water partition coefficient (Wildman–Crippen LogP) is 3.85. The SMILES string of the molecule is O=C(O)N1C[C@@H]2C[C@H]1CN2c1cc(C=C(Br)Br)ccc1F. The number of carboxylic acid groups (broad SMARTS) is 1. The molecule has 0 saturated carbocycles. The lowest BCUT2D eigenvalue weighted by Crippen LogP contribution is -2.48. The summed E-state index contributed by atoms with van der Waals surface area (Å²) in [5.74, 6) is -0.271. The molecule has 0 unspecified atom stereocenters. The number of piperazine rings is 1. The summed E-state index contributed by atoms with van der Waals surface area (Å²) in [4.78, 5) is 14.5. The molecule has 2 saturated heterocycles. The van der Waals surface area contributed by atoms with Gasteiger partial charge in [-0.2, -0.15) is 0 Å². The van der Waals surface area contributed by atoms with Crippen LogP contribution in [0.5, 0.6) is 0 Å². The van der Waals surface area contributed by atoms with Gasteiger partial charge in [0.2, 0.25) is 0 Å². The van der Waals surface area contributed by atoms with E-state index < -0.39 is 6.09 Å². The third kappa shape index (κ3) is 2.81. The minimum Gasteiger partial charge on any atom is -0.465 e. The Hall–Kier alpha value is -1.08. The molecule has 7 heteroatoms. The second-order valence-corrected chi connectivity index (χ2v) is 8.05. The Morgan fingerprint density at radius 1 is 1.33 bits per heavy atom. The smallest absolute Gasteiger partial charge is 0.407 e. The van der Waals surface area contributed by atoms with Crippen molar-refractivity contribution in [1.29, 1.82) is 0 Å². The number of benzene rings is 1. The molecule has 2 aliphatic rings. The van der Waals surface area contributed by atoms with Gasteiger partial charge in [-0.25, -0.2) is 9.18 Å². The number of nitrogens with zero attached hydrogens (tertiary/aromatic N) is 2. The van der Waals surface area contributed by atoms with Crippen LogP contribution in [0.15, 0.2) is 21.6 Å². The van der Waals surface area contributed by atoms with Crippen LogP contribution in [-0.2, 0) is 0 Å². The number of fused-ring (bicyclic) bond motifs is 2. The Labute approximate surface area is 138 Å². The molecule has 21 heavy (non-hydrogen) atoms. The molecule has 0 spiro atoms. The van der Waals surface area contributed by atoms with Crippen LogP contribution in [0, 0.1) is 5.82 Å². The Morgan fingerprint density at radius 3 is 2.67 bits per heavy atom. The van der Waals surface area contributed by atoms with E-state index in [1.165, 1.54) is 11.0 Å². The van der Waals surface area contributed by atoms with E-state index in [2.05, 4.69) is 31.9 Å². The van der Waals surface area contributed by atoms with Crippen molar-refractivity contribution < 1.29 is 14.3 Å². The minimum absolute atomic E-state index is 0.0333. The first kappa shape index (κ1) is 14.8. The van der Waals surface area contributed by atoms with E-state index in [4.69, 9.17) is 5.11 Å². The number of halogens is 3. The van der Waals surface area contributed by atoms with Crippen LogP contribution in [0.25, 0.3) is 6.08 Å². The van der Waals surface area contributed by atoms with Crippen molar-refractivity contribution in [2.75, 3.05) is 18.0 Å². The summed E-state index contributed by atoms with van der Waals surface area (Å²) in [6.45, 7) is 0.998. The molecule has 112 valence electrons. The molecule has 2 atom stereocenters. The van der Waals surface area contributed by atoms with Crippen LogP contribution >= 0.6 is 31.9 Å². The fourth-order valence-corrected chi connectivity index (χ4v) is 3.69. The number of anilines is 1. The van der Waals surface area contributed by atoms with Gasteiger partial charge in [-0.15, -0.1) is 0 Å². The molecule has 0 aliphatic carbocycles. The van der Waals surface area contributed by atoms with E-state index in [0.29, 0.717) is 18.8 Å². The van der Waals surface area contributed by atoms with Crippen molar-refractivity contribution >= 4 is 49.7 Å². The van der Waals surface area contributed by atoms with E-state index in [1.54, 1.807) is 12.1 Å². The summed E-state index contributed by atoms with van der Waals surface area (Å²) in [7, 11) is 0. The summed E-state index contributed by atoms with van der Waals surface area (Å²) in [5.41, 5.74) is 1.43. The third-order valence-electron chi connectivity index (χ3n) is 4.04. The van der Waals surface area contributed by atoms with Crippen molar-refractivity contribution in [3.63, 3.8) is 0 Å². The molecule has 4 nitrogen and oxygen atoms in total. The van der Waals surface area contributed by atoms with Crippen LogP contribution in [-0.4, -0.2) is 41.3 Å². The Morgan fingerprint density at radius 2 is 2.10 bits per heavy atom. The lowest BCUT2D eigenvalue weighted by Gasteiger charge is -2.34. The molecule has 2 bridgehead atoms. The summed E-state index contributed by atoms with van der Waals surface area (Å²) < 4.78 is 14.9. The Kier molecular flexibility index (Phi) is 3.96. The van der Waals surface area contributed by atoms with Crippen LogP contribution in [0.4, 0.5) is 14.9 Å². The highest BCUT2D eigenvalue weighted by molar-refractivity contribution is 9.28. The predicted molar refractivity (Wildman–Crippen MR) is 86.5 cm³/mol. The summed E-state index contributed by atoms with van der Waals surface area (Å²) in [6.07, 6.45) is 1.73. The summed E-state index contributed by atoms with van der Waals surface area (Å²) >= 11 is 6.59. The average molecular weight is 420 g/mol. The zero-order valence-corrected chi connectivity index (χ0v) is 14.1. The monoisotopic (exact) mass is 418 g/mol. The first-order valence-corrected chi connectivity index (χ1v) is 8.13. The fourth-order valence-electron chi connectivity index (χ4n) is 3.16. The van der Waals surface area contributed by atoms with Gasteiger partial charge in [0, 0.05) is 19.1 Å². The maximum Gasteiger partial charge on any atom is 0.407 e. The van der Waals surface area contributed by atoms with E-state index in [0.717, 1.165) is 15.4 Å². The second kappa shape index (κ2) is 5.61. The number of amides is 1. The number of likely N-dealkylation sites (tertiary alicyclic amines) is 1. The van der Waals surface area contributed by atoms with Crippen molar-refractivity contribution in [2.24, 2.45) is 0 Å². The van der Waals surface area contributed by atoms with Crippen LogP contribution in [0.3, 0.4) is 0 Å². The van der Waals surface area contributed by atoms with Crippen LogP contribution < -0.4 is 4.90 Å². The lowest BCUT2D eigenvalue weighted by molar-refractivity contribution is 0.137. The number of carbonyl (C=O) groups is 1. The van der Waals surface area contributed by atoms with Crippen molar-refractivity contribution in [3.8, 4) is 0 Å². The standard InChI is InChI=1S/C14H13Br2FN2O2/c15-13(16)4-8-1-2-11(17)12(3-8)18-6-10-5-9(18)7-19(10)14(20)21/h1-4,9-10H,5-7H2,(H,20,21)/t9-,10-/m0/s1. The molecular formula is C14H13Br2FN2O2. The van der Waals surface area contributed by atoms with Crippen LogP contribution in [0.2, 0.25) is 0 Å². The number of hydrogen-bond donors (Lipinski definition) is 1. The Bertz CT molecular complexity index is 619. The molecule has 2 fully saturated rings. The van der Waals surface area contributed by atoms with Gasteiger partial charge in [-0.05, 0) is 62.1 Å². The van der Waals surface area contributed by atoms with Crippen molar-refractivity contribution in [1.82, 2.24) is 4.90 Å². The van der Waals surface area contributed by atoms with Gasteiger partial charge in [-0.1, -0.05) is 6.07 Å². The molecule has 3 rings (SSSR count). The van der Waals surface area contributed by atoms with Gasteiger partial charge >= 0.3 is 6.09 Å². The van der Waals surface area contributed by atoms with Gasteiger partial charge in [0.1, 0.15) is 5.82 Å². The normalized spacial score (nSPS) is 23.6. The maximum atomic E-state index is 14.1. The highest BCUT2D eigenvalue weighted by atomic mass is 79.9. The number of hydrogen-bond acceptors (Lipinski definition) is 2. The average Bonchev–Trinajstić information content (AvgIpc) is 3.00. The highest BCUT2D eigenvalue weighted by Crippen LogP contribution is 2.36. The van der Waals surface area contributed by atoms with Gasteiger partial charge in [-0.3, -0.25) is 0 Å². The molecule has 0 radical (unpaired) electrons. The minimum atomic E-state index is -0.887. The van der Waals surface area contributed by atoms with Crippen molar-refractivity contribution in [2.45, 2.75) is 18.5 Å². The zero-order valence-electron chi connectivity index (χ0n) is 11.0. The summed E-state index contributed by atoms with van der Waals surface area (Å²) in [5, 5.41) is 9.11. The molecule has 2 heterocycles. The van der Waals surface area contributed by atoms with E-state index in [-0.39, 0.29) is 17.9 Å². The van der Waals surface area contributed by atoms with Gasteiger partial charge in [0.15, 0.2) is 0 Å². The first-order valence-electron chi connectivity index (χ1n) is 6.54. The molecule has 1 amide bonds. The van der Waals surface area contributed by atoms with E-state index in [9.17, 15) is 9.18 Å². The van der Waals surface area contributed by atoms with Gasteiger partial charge < -0.3 is 14.9 Å².